The van der Waals surface area contributed by atoms with Crippen molar-refractivity contribution in [3.05, 3.63) is 0 Å². The second-order valence-corrected chi connectivity index (χ2v) is 7.09. The molecule has 1 N–H and O–H groups in total. The minimum Gasteiger partial charge on any atom is -0.396 e. The molecule has 6 heteroatoms. The normalized spacial score (nSPS) is 26.5. The lowest BCUT2D eigenvalue weighted by molar-refractivity contribution is 0.0660. The van der Waals surface area contributed by atoms with Crippen molar-refractivity contribution in [2.45, 2.75) is 6.42 Å². The molecule has 0 aliphatic carbocycles. The van der Waals surface area contributed by atoms with Crippen LogP contribution in [0.15, 0.2) is 0 Å². The molecule has 1 aliphatic rings. The van der Waals surface area contributed by atoms with E-state index in [-0.39, 0.29) is 17.8 Å². The van der Waals surface area contributed by atoms with Gasteiger partial charge in [-0.1, -0.05) is 0 Å². The van der Waals surface area contributed by atoms with E-state index in [0.717, 1.165) is 6.42 Å². The van der Waals surface area contributed by atoms with E-state index in [2.05, 4.69) is 0 Å². The Morgan fingerprint density at radius 3 is 2.62 bits per heavy atom. The van der Waals surface area contributed by atoms with E-state index >= 15 is 0 Å². The van der Waals surface area contributed by atoms with Gasteiger partial charge in [-0.25, -0.2) is 8.42 Å². The fourth-order valence-corrected chi connectivity index (χ4v) is 2.57. The van der Waals surface area contributed by atoms with E-state index in [1.54, 1.807) is 0 Å². The lowest BCUT2D eigenvalue weighted by atomic mass is 9.88. The lowest BCUT2D eigenvalue weighted by Gasteiger charge is -2.30. The summed E-state index contributed by atoms with van der Waals surface area (Å²) in [7, 11) is -1.04. The van der Waals surface area contributed by atoms with Gasteiger partial charge in [0.25, 0.3) is 0 Å². The van der Waals surface area contributed by atoms with Crippen molar-refractivity contribution in [1.82, 2.24) is 4.90 Å². The zero-order valence-electron chi connectivity index (χ0n) is 9.98. The van der Waals surface area contributed by atoms with Crippen molar-refractivity contribution in [2.24, 2.45) is 5.41 Å². The van der Waals surface area contributed by atoms with E-state index in [1.165, 1.54) is 6.26 Å². The minimum absolute atomic E-state index is 0.0935. The standard InChI is InChI=1S/C10H21NO4S/c1-11(4-6-16(2,13)14)7-10(8-12)3-5-15-9-10/h12H,3-9H2,1-2H3. The van der Waals surface area contributed by atoms with Crippen molar-refractivity contribution in [3.63, 3.8) is 0 Å². The Kier molecular flexibility index (Phi) is 4.73. The molecule has 0 aromatic carbocycles. The average Bonchev–Trinajstić information content (AvgIpc) is 2.63. The third-order valence-electron chi connectivity index (χ3n) is 2.97. The predicted molar refractivity (Wildman–Crippen MR) is 62.2 cm³/mol. The monoisotopic (exact) mass is 251 g/mol. The summed E-state index contributed by atoms with van der Waals surface area (Å²) in [4.78, 5) is 1.95. The smallest absolute Gasteiger partial charge is 0.148 e. The minimum atomic E-state index is -2.91. The molecule has 16 heavy (non-hydrogen) atoms. The molecule has 0 bridgehead atoms. The van der Waals surface area contributed by atoms with Gasteiger partial charge in [0.1, 0.15) is 9.84 Å². The Hall–Kier alpha value is -0.170. The van der Waals surface area contributed by atoms with Crippen LogP contribution in [0, 0.1) is 5.41 Å². The molecule has 0 spiro atoms. The first-order valence-corrected chi connectivity index (χ1v) is 7.48. The Balaban J connectivity index is 2.40. The van der Waals surface area contributed by atoms with Gasteiger partial charge in [-0.3, -0.25) is 0 Å². The van der Waals surface area contributed by atoms with Gasteiger partial charge in [-0.15, -0.1) is 0 Å². The van der Waals surface area contributed by atoms with Crippen molar-refractivity contribution in [3.8, 4) is 0 Å². The highest BCUT2D eigenvalue weighted by Crippen LogP contribution is 2.28. The molecular formula is C10H21NO4S. The largest absolute Gasteiger partial charge is 0.396 e. The Bertz CT molecular complexity index is 309. The Morgan fingerprint density at radius 2 is 2.19 bits per heavy atom. The number of hydrogen-bond donors (Lipinski definition) is 1. The molecule has 0 radical (unpaired) electrons. The molecule has 0 saturated carbocycles. The summed E-state index contributed by atoms with van der Waals surface area (Å²) in [5.74, 6) is 0.159. The summed E-state index contributed by atoms with van der Waals surface area (Å²) < 4.78 is 27.3. The van der Waals surface area contributed by atoms with Gasteiger partial charge in [0.2, 0.25) is 0 Å². The van der Waals surface area contributed by atoms with Gasteiger partial charge in [0, 0.05) is 31.4 Å². The fourth-order valence-electron chi connectivity index (χ4n) is 1.92. The summed E-state index contributed by atoms with van der Waals surface area (Å²) in [5, 5.41) is 9.37. The van der Waals surface area contributed by atoms with Gasteiger partial charge in [-0.2, -0.15) is 0 Å². The molecule has 1 saturated heterocycles. The third-order valence-corrected chi connectivity index (χ3v) is 3.89. The molecule has 1 fully saturated rings. The Morgan fingerprint density at radius 1 is 1.50 bits per heavy atom. The van der Waals surface area contributed by atoms with Crippen LogP contribution >= 0.6 is 0 Å². The second-order valence-electron chi connectivity index (χ2n) is 4.83. The summed E-state index contributed by atoms with van der Waals surface area (Å²) in [6.45, 7) is 2.52. The molecule has 0 amide bonds. The molecular weight excluding hydrogens is 230 g/mol. The highest BCUT2D eigenvalue weighted by molar-refractivity contribution is 7.90. The molecule has 5 nitrogen and oxygen atoms in total. The molecule has 96 valence electrons. The lowest BCUT2D eigenvalue weighted by Crippen LogP contribution is -2.40. The van der Waals surface area contributed by atoms with Crippen LogP contribution in [0.25, 0.3) is 0 Å². The zero-order valence-corrected chi connectivity index (χ0v) is 10.8. The fraction of sp³-hybridized carbons (Fsp3) is 1.00. The maximum atomic E-state index is 11.0. The zero-order chi connectivity index (χ0) is 12.2. The van der Waals surface area contributed by atoms with Crippen LogP contribution in [0.1, 0.15) is 6.42 Å². The molecule has 1 atom stereocenters. The van der Waals surface area contributed by atoms with Crippen LogP contribution in [-0.2, 0) is 14.6 Å². The van der Waals surface area contributed by atoms with E-state index in [0.29, 0.717) is 26.3 Å². The summed E-state index contributed by atoms with van der Waals surface area (Å²) in [5.41, 5.74) is -0.202. The Labute approximate surface area is 97.3 Å². The van der Waals surface area contributed by atoms with Crippen molar-refractivity contribution in [2.75, 3.05) is 52.0 Å². The maximum Gasteiger partial charge on any atom is 0.148 e. The van der Waals surface area contributed by atoms with Gasteiger partial charge >= 0.3 is 0 Å². The van der Waals surface area contributed by atoms with Crippen LogP contribution in [0.4, 0.5) is 0 Å². The van der Waals surface area contributed by atoms with Gasteiger partial charge in [0.05, 0.1) is 19.0 Å². The van der Waals surface area contributed by atoms with E-state index in [9.17, 15) is 13.5 Å². The molecule has 1 aliphatic heterocycles. The van der Waals surface area contributed by atoms with Gasteiger partial charge in [0.15, 0.2) is 0 Å². The number of rotatable bonds is 6. The second kappa shape index (κ2) is 5.44. The van der Waals surface area contributed by atoms with Crippen molar-refractivity contribution < 1.29 is 18.3 Å². The summed E-state index contributed by atoms with van der Waals surface area (Å²) in [6.07, 6.45) is 2.08. The number of ether oxygens (including phenoxy) is 1. The number of aliphatic hydroxyl groups is 1. The number of sulfone groups is 1. The van der Waals surface area contributed by atoms with Gasteiger partial charge in [-0.05, 0) is 13.5 Å². The predicted octanol–water partition coefficient (Wildman–Crippen LogP) is -0.638. The first-order valence-electron chi connectivity index (χ1n) is 5.42. The number of aliphatic hydroxyl groups excluding tert-OH is 1. The number of hydrogen-bond acceptors (Lipinski definition) is 5. The van der Waals surface area contributed by atoms with Crippen LogP contribution < -0.4 is 0 Å². The molecule has 1 rings (SSSR count). The van der Waals surface area contributed by atoms with Crippen LogP contribution in [0.2, 0.25) is 0 Å². The van der Waals surface area contributed by atoms with E-state index in [1.807, 2.05) is 11.9 Å². The van der Waals surface area contributed by atoms with E-state index < -0.39 is 9.84 Å². The first-order chi connectivity index (χ1) is 7.37. The van der Waals surface area contributed by atoms with Crippen LogP contribution in [0.5, 0.6) is 0 Å². The maximum absolute atomic E-state index is 11.0. The van der Waals surface area contributed by atoms with Crippen molar-refractivity contribution >= 4 is 9.84 Å². The highest BCUT2D eigenvalue weighted by atomic mass is 32.2. The average molecular weight is 251 g/mol. The highest BCUT2D eigenvalue weighted by Gasteiger charge is 2.35. The quantitative estimate of drug-likeness (QED) is 0.680. The molecule has 1 unspecified atom stereocenters. The van der Waals surface area contributed by atoms with Crippen LogP contribution in [-0.4, -0.2) is 70.4 Å². The van der Waals surface area contributed by atoms with Crippen molar-refractivity contribution in [1.29, 1.82) is 0 Å². The molecule has 0 aromatic heterocycles. The molecule has 0 aromatic rings. The summed E-state index contributed by atoms with van der Waals surface area (Å²) >= 11 is 0. The van der Waals surface area contributed by atoms with Crippen LogP contribution in [0.3, 0.4) is 0 Å². The summed E-state index contributed by atoms with van der Waals surface area (Å²) in [6, 6.07) is 0. The SMILES string of the molecule is CN(CCS(C)(=O)=O)CC1(CO)CCOC1. The third kappa shape index (κ3) is 4.37. The van der Waals surface area contributed by atoms with Gasteiger partial charge < -0.3 is 14.7 Å². The molecule has 1 heterocycles. The topological polar surface area (TPSA) is 66.8 Å². The van der Waals surface area contributed by atoms with E-state index in [4.69, 9.17) is 4.74 Å². The first kappa shape index (κ1) is 13.9. The number of nitrogens with zero attached hydrogens (tertiary/aromatic N) is 1.